The number of esters is 1. The van der Waals surface area contributed by atoms with Gasteiger partial charge in [-0.2, -0.15) is 4.31 Å². The molecule has 2 N–H and O–H groups in total. The van der Waals surface area contributed by atoms with Gasteiger partial charge in [-0.05, 0) is 38.0 Å². The van der Waals surface area contributed by atoms with E-state index in [1.165, 1.54) is 28.6 Å². The lowest BCUT2D eigenvalue weighted by atomic mass is 10.2. The van der Waals surface area contributed by atoms with E-state index in [9.17, 15) is 22.8 Å². The van der Waals surface area contributed by atoms with Crippen LogP contribution in [0.2, 0.25) is 0 Å². The number of benzene rings is 1. The molecule has 1 fully saturated rings. The fourth-order valence-electron chi connectivity index (χ4n) is 2.74. The largest absolute Gasteiger partial charge is 0.452 e. The first kappa shape index (κ1) is 21.8. The minimum atomic E-state index is -3.67. The zero-order valence-corrected chi connectivity index (χ0v) is 16.6. The Balaban J connectivity index is 1.94. The monoisotopic (exact) mass is 411 g/mol. The first-order valence-electron chi connectivity index (χ1n) is 9.15. The van der Waals surface area contributed by atoms with Crippen LogP contribution in [0.4, 0.5) is 0 Å². The lowest BCUT2D eigenvalue weighted by Crippen LogP contribution is -2.38. The molecule has 1 heterocycles. The summed E-state index contributed by atoms with van der Waals surface area (Å²) in [5, 5.41) is 4.84. The summed E-state index contributed by atoms with van der Waals surface area (Å²) >= 11 is 0. The van der Waals surface area contributed by atoms with Gasteiger partial charge in [0.1, 0.15) is 0 Å². The first-order valence-corrected chi connectivity index (χ1v) is 10.6. The second-order valence-corrected chi connectivity index (χ2v) is 8.24. The number of likely N-dealkylation sites (N-methyl/N-ethyl adjacent to an activating group) is 1. The molecule has 0 radical (unpaired) electrons. The van der Waals surface area contributed by atoms with Gasteiger partial charge < -0.3 is 15.4 Å². The average Bonchev–Trinajstić information content (AvgIpc) is 2.71. The summed E-state index contributed by atoms with van der Waals surface area (Å²) in [7, 11) is -3.67. The Labute approximate surface area is 164 Å². The van der Waals surface area contributed by atoms with Crippen LogP contribution < -0.4 is 10.6 Å². The Morgan fingerprint density at radius 3 is 2.46 bits per heavy atom. The molecule has 0 saturated carbocycles. The fraction of sp³-hybridized carbons (Fsp3) is 0.500. The van der Waals surface area contributed by atoms with Gasteiger partial charge in [-0.1, -0.05) is 12.5 Å². The Morgan fingerprint density at radius 1 is 1.07 bits per heavy atom. The number of sulfonamides is 1. The van der Waals surface area contributed by atoms with E-state index in [1.807, 2.05) is 0 Å². The highest BCUT2D eigenvalue weighted by atomic mass is 32.2. The molecule has 1 aromatic rings. The summed E-state index contributed by atoms with van der Waals surface area (Å²) in [5.41, 5.74) is 0.0367. The number of rotatable bonds is 8. The number of piperidine rings is 1. The lowest BCUT2D eigenvalue weighted by molar-refractivity contribution is -0.127. The molecule has 154 valence electrons. The third-order valence-electron chi connectivity index (χ3n) is 4.18. The molecular weight excluding hydrogens is 386 g/mol. The molecule has 0 atom stereocenters. The molecule has 1 saturated heterocycles. The molecule has 0 aromatic heterocycles. The third-order valence-corrected chi connectivity index (χ3v) is 6.07. The predicted molar refractivity (Wildman–Crippen MR) is 101 cm³/mol. The van der Waals surface area contributed by atoms with Gasteiger partial charge in [0.15, 0.2) is 6.61 Å². The summed E-state index contributed by atoms with van der Waals surface area (Å²) in [6.45, 7) is 2.34. The quantitative estimate of drug-likeness (QED) is 0.592. The van der Waals surface area contributed by atoms with Crippen LogP contribution >= 0.6 is 0 Å². The molecule has 1 aliphatic rings. The maximum atomic E-state index is 12.7. The van der Waals surface area contributed by atoms with E-state index in [4.69, 9.17) is 4.74 Å². The number of amides is 2. The summed E-state index contributed by atoms with van der Waals surface area (Å²) in [4.78, 5) is 35.1. The van der Waals surface area contributed by atoms with Crippen LogP contribution in [0.3, 0.4) is 0 Å². The van der Waals surface area contributed by atoms with Crippen LogP contribution in [0.1, 0.15) is 36.5 Å². The highest BCUT2D eigenvalue weighted by Gasteiger charge is 2.26. The second kappa shape index (κ2) is 10.2. The Bertz CT molecular complexity index is 818. The highest BCUT2D eigenvalue weighted by molar-refractivity contribution is 7.89. The van der Waals surface area contributed by atoms with Crippen molar-refractivity contribution in [2.24, 2.45) is 0 Å². The molecular formula is C18H25N3O6S. The third kappa shape index (κ3) is 6.03. The maximum absolute atomic E-state index is 12.7. The van der Waals surface area contributed by atoms with Crippen molar-refractivity contribution in [3.05, 3.63) is 29.8 Å². The van der Waals surface area contributed by atoms with Crippen molar-refractivity contribution in [3.8, 4) is 0 Å². The molecule has 28 heavy (non-hydrogen) atoms. The van der Waals surface area contributed by atoms with Crippen molar-refractivity contribution in [2.45, 2.75) is 31.1 Å². The number of hydrogen-bond acceptors (Lipinski definition) is 6. The van der Waals surface area contributed by atoms with E-state index in [1.54, 1.807) is 6.92 Å². The topological polar surface area (TPSA) is 122 Å². The molecule has 1 aliphatic heterocycles. The van der Waals surface area contributed by atoms with Crippen LogP contribution in [0, 0.1) is 0 Å². The summed E-state index contributed by atoms with van der Waals surface area (Å²) in [6.07, 6.45) is 2.62. The van der Waals surface area contributed by atoms with Crippen LogP contribution in [0.15, 0.2) is 29.2 Å². The molecule has 10 heteroatoms. The van der Waals surface area contributed by atoms with E-state index in [-0.39, 0.29) is 22.9 Å². The molecule has 0 unspecified atom stereocenters. The van der Waals surface area contributed by atoms with E-state index in [0.717, 1.165) is 19.3 Å². The minimum Gasteiger partial charge on any atom is -0.452 e. The van der Waals surface area contributed by atoms with Crippen molar-refractivity contribution < 1.29 is 27.5 Å². The Morgan fingerprint density at radius 2 is 1.79 bits per heavy atom. The number of carbonyl (C=O) groups excluding carboxylic acids is 3. The van der Waals surface area contributed by atoms with Crippen LogP contribution in [0.5, 0.6) is 0 Å². The van der Waals surface area contributed by atoms with Crippen molar-refractivity contribution in [1.29, 1.82) is 0 Å². The summed E-state index contributed by atoms with van der Waals surface area (Å²) < 4.78 is 31.7. The zero-order chi connectivity index (χ0) is 20.6. The molecule has 1 aromatic carbocycles. The number of nitrogens with one attached hydrogen (secondary N) is 2. The van der Waals surface area contributed by atoms with Gasteiger partial charge in [-0.3, -0.25) is 9.59 Å². The van der Waals surface area contributed by atoms with Gasteiger partial charge in [0.25, 0.3) is 5.91 Å². The normalized spacial score (nSPS) is 14.9. The average molecular weight is 411 g/mol. The van der Waals surface area contributed by atoms with Crippen LogP contribution in [-0.2, 0) is 24.3 Å². The minimum absolute atomic E-state index is 0.0181. The van der Waals surface area contributed by atoms with Gasteiger partial charge in [-0.15, -0.1) is 0 Å². The molecule has 0 aliphatic carbocycles. The molecule has 2 rings (SSSR count). The van der Waals surface area contributed by atoms with E-state index < -0.39 is 28.5 Å². The van der Waals surface area contributed by atoms with E-state index in [0.29, 0.717) is 19.6 Å². The number of nitrogens with zero attached hydrogens (tertiary/aromatic N) is 1. The lowest BCUT2D eigenvalue weighted by Gasteiger charge is -2.25. The first-order chi connectivity index (χ1) is 13.3. The Hall–Kier alpha value is -2.46. The summed E-state index contributed by atoms with van der Waals surface area (Å²) in [6, 6.07) is 5.56. The standard InChI is InChI=1S/C18H25N3O6S/c1-2-19-16(22)12-20-17(23)13-27-18(24)14-7-6-8-15(11-14)28(25,26)21-9-4-3-5-10-21/h6-8,11H,2-5,9-10,12-13H2,1H3,(H,19,22)(H,20,23). The van der Waals surface area contributed by atoms with E-state index in [2.05, 4.69) is 10.6 Å². The number of hydrogen-bond donors (Lipinski definition) is 2. The summed E-state index contributed by atoms with van der Waals surface area (Å²) in [5.74, 6) is -1.79. The molecule has 0 bridgehead atoms. The van der Waals surface area contributed by atoms with Crippen molar-refractivity contribution in [1.82, 2.24) is 14.9 Å². The maximum Gasteiger partial charge on any atom is 0.338 e. The van der Waals surface area contributed by atoms with Gasteiger partial charge in [0.2, 0.25) is 15.9 Å². The predicted octanol–water partition coefficient (Wildman–Crippen LogP) is 0.270. The molecule has 2 amide bonds. The fourth-order valence-corrected chi connectivity index (χ4v) is 4.31. The van der Waals surface area contributed by atoms with Crippen molar-refractivity contribution >= 4 is 27.8 Å². The van der Waals surface area contributed by atoms with Gasteiger partial charge in [0.05, 0.1) is 17.0 Å². The molecule has 9 nitrogen and oxygen atoms in total. The highest BCUT2D eigenvalue weighted by Crippen LogP contribution is 2.21. The second-order valence-electron chi connectivity index (χ2n) is 6.30. The number of carbonyl (C=O) groups is 3. The van der Waals surface area contributed by atoms with Gasteiger partial charge in [-0.25, -0.2) is 13.2 Å². The zero-order valence-electron chi connectivity index (χ0n) is 15.8. The van der Waals surface area contributed by atoms with Crippen molar-refractivity contribution in [2.75, 3.05) is 32.8 Å². The SMILES string of the molecule is CCNC(=O)CNC(=O)COC(=O)c1cccc(S(=O)(=O)N2CCCCC2)c1. The number of ether oxygens (including phenoxy) is 1. The van der Waals surface area contributed by atoms with E-state index >= 15 is 0 Å². The van der Waals surface area contributed by atoms with Crippen LogP contribution in [-0.4, -0.2) is 63.3 Å². The molecule has 0 spiro atoms. The van der Waals surface area contributed by atoms with Crippen LogP contribution in [0.25, 0.3) is 0 Å². The van der Waals surface area contributed by atoms with Gasteiger partial charge in [0, 0.05) is 19.6 Å². The van der Waals surface area contributed by atoms with Crippen molar-refractivity contribution in [3.63, 3.8) is 0 Å². The smallest absolute Gasteiger partial charge is 0.338 e. The Kier molecular flexibility index (Phi) is 7.94. The van der Waals surface area contributed by atoms with Gasteiger partial charge >= 0.3 is 5.97 Å².